The molecule has 0 radical (unpaired) electrons. The Kier molecular flexibility index (Phi) is 3.20. The van der Waals surface area contributed by atoms with E-state index in [1.807, 2.05) is 6.07 Å². The SMILES string of the molecule is O=S(=O)(c1ccc2c(c1)NCC2)N1CCN2CCCC2C1. The molecule has 0 saturated carbocycles. The Bertz CT molecular complexity index is 659. The Morgan fingerprint density at radius 3 is 3.00 bits per heavy atom. The molecule has 0 bridgehead atoms. The van der Waals surface area contributed by atoms with Crippen molar-refractivity contribution in [2.24, 2.45) is 0 Å². The third kappa shape index (κ3) is 2.25. The van der Waals surface area contributed by atoms with Gasteiger partial charge in [-0.25, -0.2) is 8.42 Å². The first-order chi connectivity index (χ1) is 10.1. The van der Waals surface area contributed by atoms with Gasteiger partial charge in [0.05, 0.1) is 4.90 Å². The number of benzene rings is 1. The molecule has 2 fully saturated rings. The maximum Gasteiger partial charge on any atom is 0.243 e. The molecule has 1 atom stereocenters. The number of nitrogens with one attached hydrogen (secondary N) is 1. The lowest BCUT2D eigenvalue weighted by Crippen LogP contribution is -2.51. The van der Waals surface area contributed by atoms with E-state index < -0.39 is 10.0 Å². The number of fused-ring (bicyclic) bond motifs is 2. The molecule has 5 nitrogen and oxygen atoms in total. The molecule has 3 aliphatic rings. The summed E-state index contributed by atoms with van der Waals surface area (Å²) in [7, 11) is -3.36. The van der Waals surface area contributed by atoms with Gasteiger partial charge >= 0.3 is 0 Å². The van der Waals surface area contributed by atoms with Crippen molar-refractivity contribution in [1.82, 2.24) is 9.21 Å². The second-order valence-corrected chi connectivity index (χ2v) is 8.13. The number of anilines is 1. The molecule has 0 amide bonds. The standard InChI is InChI=1S/C15H21N3O2S/c19-21(20,14-4-3-12-5-6-16-15(12)10-14)18-9-8-17-7-1-2-13(17)11-18/h3-4,10,13,16H,1-2,5-9,11H2. The molecule has 1 aromatic carbocycles. The van der Waals surface area contributed by atoms with Gasteiger partial charge in [-0.3, -0.25) is 4.90 Å². The van der Waals surface area contributed by atoms with Crippen LogP contribution in [0.4, 0.5) is 5.69 Å². The van der Waals surface area contributed by atoms with Crippen LogP contribution in [0.15, 0.2) is 23.1 Å². The van der Waals surface area contributed by atoms with Crippen LogP contribution in [0.3, 0.4) is 0 Å². The van der Waals surface area contributed by atoms with Crippen LogP contribution in [-0.4, -0.2) is 56.4 Å². The van der Waals surface area contributed by atoms with Gasteiger partial charge in [-0.2, -0.15) is 4.31 Å². The first-order valence-corrected chi connectivity index (χ1v) is 9.19. The molecule has 0 spiro atoms. The molecule has 2 saturated heterocycles. The summed E-state index contributed by atoms with van der Waals surface area (Å²) in [5.74, 6) is 0. The zero-order valence-electron chi connectivity index (χ0n) is 12.1. The van der Waals surface area contributed by atoms with Crippen molar-refractivity contribution in [3.63, 3.8) is 0 Å². The number of rotatable bonds is 2. The molecule has 0 aliphatic carbocycles. The summed E-state index contributed by atoms with van der Waals surface area (Å²) in [5, 5.41) is 3.26. The molecule has 1 unspecified atom stereocenters. The fourth-order valence-electron chi connectivity index (χ4n) is 3.76. The van der Waals surface area contributed by atoms with E-state index in [0.29, 0.717) is 24.0 Å². The smallest absolute Gasteiger partial charge is 0.243 e. The number of hydrogen-bond acceptors (Lipinski definition) is 4. The molecule has 3 aliphatic heterocycles. The van der Waals surface area contributed by atoms with Crippen molar-refractivity contribution in [2.45, 2.75) is 30.2 Å². The summed E-state index contributed by atoms with van der Waals surface area (Å²) in [6, 6.07) is 5.94. The fourth-order valence-corrected chi connectivity index (χ4v) is 5.26. The average Bonchev–Trinajstić information content (AvgIpc) is 3.14. The fraction of sp³-hybridized carbons (Fsp3) is 0.600. The molecule has 21 heavy (non-hydrogen) atoms. The molecule has 4 rings (SSSR count). The molecular formula is C15H21N3O2S. The Hall–Kier alpha value is -1.11. The van der Waals surface area contributed by atoms with Crippen molar-refractivity contribution in [3.05, 3.63) is 23.8 Å². The van der Waals surface area contributed by atoms with Crippen molar-refractivity contribution in [3.8, 4) is 0 Å². The van der Waals surface area contributed by atoms with E-state index >= 15 is 0 Å². The Morgan fingerprint density at radius 2 is 2.10 bits per heavy atom. The number of nitrogens with zero attached hydrogens (tertiary/aromatic N) is 2. The minimum Gasteiger partial charge on any atom is -0.384 e. The summed E-state index contributed by atoms with van der Waals surface area (Å²) in [6.07, 6.45) is 3.30. The van der Waals surface area contributed by atoms with E-state index in [9.17, 15) is 8.42 Å². The van der Waals surface area contributed by atoms with E-state index in [1.54, 1.807) is 16.4 Å². The van der Waals surface area contributed by atoms with Crippen LogP contribution in [0.5, 0.6) is 0 Å². The molecule has 3 heterocycles. The summed E-state index contributed by atoms with van der Waals surface area (Å²) >= 11 is 0. The van der Waals surface area contributed by atoms with Crippen LogP contribution in [0.1, 0.15) is 18.4 Å². The average molecular weight is 307 g/mol. The van der Waals surface area contributed by atoms with Crippen LogP contribution < -0.4 is 5.32 Å². The maximum absolute atomic E-state index is 12.9. The minimum atomic E-state index is -3.36. The van der Waals surface area contributed by atoms with Crippen molar-refractivity contribution in [1.29, 1.82) is 0 Å². The van der Waals surface area contributed by atoms with Gasteiger partial charge in [0.25, 0.3) is 0 Å². The third-order valence-electron chi connectivity index (χ3n) is 4.98. The highest BCUT2D eigenvalue weighted by Gasteiger charge is 2.36. The highest BCUT2D eigenvalue weighted by Crippen LogP contribution is 2.29. The summed E-state index contributed by atoms with van der Waals surface area (Å²) in [6.45, 7) is 4.16. The van der Waals surface area contributed by atoms with Gasteiger partial charge in [0.1, 0.15) is 0 Å². The molecule has 6 heteroatoms. The van der Waals surface area contributed by atoms with Crippen LogP contribution >= 0.6 is 0 Å². The van der Waals surface area contributed by atoms with Crippen molar-refractivity contribution in [2.75, 3.05) is 38.0 Å². The molecule has 114 valence electrons. The zero-order chi connectivity index (χ0) is 14.4. The maximum atomic E-state index is 12.9. The minimum absolute atomic E-state index is 0.418. The normalized spacial score (nSPS) is 26.4. The lowest BCUT2D eigenvalue weighted by atomic mass is 10.2. The van der Waals surface area contributed by atoms with Crippen LogP contribution in [0.25, 0.3) is 0 Å². The van der Waals surface area contributed by atoms with Crippen LogP contribution in [0.2, 0.25) is 0 Å². The van der Waals surface area contributed by atoms with E-state index in [1.165, 1.54) is 12.0 Å². The summed E-state index contributed by atoms with van der Waals surface area (Å²) in [5.41, 5.74) is 2.20. The first kappa shape index (κ1) is 13.5. The number of hydrogen-bond donors (Lipinski definition) is 1. The van der Waals surface area contributed by atoms with Gasteiger partial charge < -0.3 is 5.32 Å². The number of piperazine rings is 1. The van der Waals surface area contributed by atoms with E-state index in [-0.39, 0.29) is 0 Å². The van der Waals surface area contributed by atoms with E-state index in [0.717, 1.165) is 38.2 Å². The first-order valence-electron chi connectivity index (χ1n) is 7.75. The largest absolute Gasteiger partial charge is 0.384 e. The molecule has 1 aromatic rings. The Labute approximate surface area is 126 Å². The summed E-state index contributed by atoms with van der Waals surface area (Å²) in [4.78, 5) is 2.86. The van der Waals surface area contributed by atoms with Gasteiger partial charge in [-0.1, -0.05) is 6.07 Å². The second-order valence-electron chi connectivity index (χ2n) is 6.19. The van der Waals surface area contributed by atoms with Gasteiger partial charge in [0, 0.05) is 37.9 Å². The molecule has 1 N–H and O–H groups in total. The molecule has 0 aromatic heterocycles. The Balaban J connectivity index is 1.61. The lowest BCUT2D eigenvalue weighted by molar-refractivity contribution is 0.158. The van der Waals surface area contributed by atoms with Gasteiger partial charge in [0.15, 0.2) is 0 Å². The third-order valence-corrected chi connectivity index (χ3v) is 6.84. The van der Waals surface area contributed by atoms with Gasteiger partial charge in [-0.05, 0) is 43.5 Å². The predicted molar refractivity (Wildman–Crippen MR) is 82.0 cm³/mol. The van der Waals surface area contributed by atoms with Crippen molar-refractivity contribution >= 4 is 15.7 Å². The zero-order valence-corrected chi connectivity index (χ0v) is 12.9. The quantitative estimate of drug-likeness (QED) is 0.890. The van der Waals surface area contributed by atoms with E-state index in [2.05, 4.69) is 10.2 Å². The van der Waals surface area contributed by atoms with Crippen LogP contribution in [0, 0.1) is 0 Å². The Morgan fingerprint density at radius 1 is 1.19 bits per heavy atom. The predicted octanol–water partition coefficient (Wildman–Crippen LogP) is 1.12. The van der Waals surface area contributed by atoms with Gasteiger partial charge in [0.2, 0.25) is 10.0 Å². The summed E-state index contributed by atoms with van der Waals surface area (Å²) < 4.78 is 27.4. The topological polar surface area (TPSA) is 52.7 Å². The van der Waals surface area contributed by atoms with Crippen LogP contribution in [-0.2, 0) is 16.4 Å². The number of sulfonamides is 1. The highest BCUT2D eigenvalue weighted by molar-refractivity contribution is 7.89. The van der Waals surface area contributed by atoms with E-state index in [4.69, 9.17) is 0 Å². The molecular weight excluding hydrogens is 286 g/mol. The highest BCUT2D eigenvalue weighted by atomic mass is 32.2. The monoisotopic (exact) mass is 307 g/mol. The van der Waals surface area contributed by atoms with Gasteiger partial charge in [-0.15, -0.1) is 0 Å². The van der Waals surface area contributed by atoms with Crippen molar-refractivity contribution < 1.29 is 8.42 Å². The second kappa shape index (κ2) is 4.97. The lowest BCUT2D eigenvalue weighted by Gasteiger charge is -2.36.